The third-order valence-electron chi connectivity index (χ3n) is 13.0. The Morgan fingerprint density at radius 3 is 1.93 bits per heavy atom. The van der Waals surface area contributed by atoms with E-state index in [1.807, 2.05) is 88.4 Å². The van der Waals surface area contributed by atoms with Gasteiger partial charge in [0.25, 0.3) is 0 Å². The van der Waals surface area contributed by atoms with Gasteiger partial charge >= 0.3 is 6.09 Å². The maximum atomic E-state index is 14.2. The third-order valence-corrected chi connectivity index (χ3v) is 19.2. The van der Waals surface area contributed by atoms with Crippen LogP contribution in [-0.4, -0.2) is 78.6 Å². The lowest BCUT2D eigenvalue weighted by molar-refractivity contribution is -0.288. The minimum atomic E-state index is -2.17. The number of imide groups is 1. The monoisotopic (exact) mass is 793 g/mol. The molecule has 312 valence electrons. The molecule has 0 aliphatic carbocycles. The highest BCUT2D eigenvalue weighted by atomic mass is 28.4. The second-order valence-corrected chi connectivity index (χ2v) is 23.3. The van der Waals surface area contributed by atoms with Crippen molar-refractivity contribution in [1.29, 1.82) is 0 Å². The van der Waals surface area contributed by atoms with E-state index in [1.54, 1.807) is 0 Å². The van der Waals surface area contributed by atoms with Crippen LogP contribution < -0.4 is 0 Å². The van der Waals surface area contributed by atoms with Gasteiger partial charge in [0, 0.05) is 29.4 Å². The number of benzene rings is 2. The Labute approximate surface area is 338 Å². The molecule has 2 heterocycles. The van der Waals surface area contributed by atoms with Crippen LogP contribution >= 0.6 is 0 Å². The van der Waals surface area contributed by atoms with E-state index in [2.05, 4.69) is 62.0 Å². The summed E-state index contributed by atoms with van der Waals surface area (Å²) in [5.74, 6) is -2.10. The van der Waals surface area contributed by atoms with Crippen LogP contribution in [0.2, 0.25) is 16.6 Å². The molecule has 2 amide bonds. The van der Waals surface area contributed by atoms with Gasteiger partial charge in [-0.3, -0.25) is 4.79 Å². The van der Waals surface area contributed by atoms with Gasteiger partial charge in [-0.2, -0.15) is 0 Å². The number of carbonyl (C=O) groups excluding carboxylic acids is 2. The Hall–Kier alpha value is -2.86. The zero-order valence-electron chi connectivity index (χ0n) is 36.1. The topological polar surface area (TPSA) is 115 Å². The van der Waals surface area contributed by atoms with Crippen molar-refractivity contribution >= 4 is 20.3 Å². The van der Waals surface area contributed by atoms with Crippen molar-refractivity contribution in [1.82, 2.24) is 4.90 Å². The molecular weight excluding hydrogens is 723 g/mol. The number of hydrogen-bond acceptors (Lipinski definition) is 8. The molecule has 2 N–H and O–H groups in total. The summed E-state index contributed by atoms with van der Waals surface area (Å²) in [5.41, 5.74) is 3.72. The molecule has 9 nitrogen and oxygen atoms in total. The predicted molar refractivity (Wildman–Crippen MR) is 224 cm³/mol. The molecule has 2 aromatic rings. The molecule has 2 aliphatic rings. The summed E-state index contributed by atoms with van der Waals surface area (Å²) >= 11 is 0. The zero-order chi connectivity index (χ0) is 41.6. The Kier molecular flexibility index (Phi) is 16.1. The normalized spacial score (nSPS) is 25.8. The zero-order valence-corrected chi connectivity index (χ0v) is 37.1. The Balaban J connectivity index is 1.49. The van der Waals surface area contributed by atoms with Gasteiger partial charge in [-0.1, -0.05) is 143 Å². The van der Waals surface area contributed by atoms with Gasteiger partial charge in [0.2, 0.25) is 14.2 Å². The maximum Gasteiger partial charge on any atom is 0.416 e. The number of rotatable bonds is 18. The van der Waals surface area contributed by atoms with E-state index in [1.165, 1.54) is 4.90 Å². The minimum absolute atomic E-state index is 0.131. The second kappa shape index (κ2) is 19.7. The van der Waals surface area contributed by atoms with Crippen molar-refractivity contribution < 1.29 is 38.4 Å². The highest BCUT2D eigenvalue weighted by Gasteiger charge is 2.49. The molecule has 2 fully saturated rings. The molecule has 0 aromatic heterocycles. The van der Waals surface area contributed by atoms with Crippen molar-refractivity contribution in [2.45, 2.75) is 155 Å². The number of aliphatic hydroxyl groups is 2. The van der Waals surface area contributed by atoms with Gasteiger partial charge < -0.3 is 28.8 Å². The molecule has 2 aromatic carbocycles. The largest absolute Gasteiger partial charge is 0.447 e. The summed E-state index contributed by atoms with van der Waals surface area (Å²) in [5, 5.41) is 23.3. The standard InChI is InChI=1S/C46H71NO8Si/c1-27(2)56(28(3)4,29(5)6)55-36(13)32(9)41(49)33(10)40(48)30(7)24-31(8)42-34(11)43(54-45(53-42)38-22-18-15-19-23-38)35(12)44(50)47-39(26-52-46(47)51)25-37-20-16-14-17-21-37/h14-23,27-29,31-36,39-43,45,48-49H,7,24-26H2,1-6,8-13H3/t31-,32-,33-,34+,35+,36+,39+,40+,41-,42-,43-,45-/m0/s1. The van der Waals surface area contributed by atoms with E-state index in [-0.39, 0.29) is 42.5 Å². The van der Waals surface area contributed by atoms with Crippen LogP contribution in [0.3, 0.4) is 0 Å². The van der Waals surface area contributed by atoms with Gasteiger partial charge in [-0.05, 0) is 53.4 Å². The van der Waals surface area contributed by atoms with Crippen LogP contribution in [-0.2, 0) is 29.9 Å². The van der Waals surface area contributed by atoms with Gasteiger partial charge in [0.05, 0.1) is 36.4 Å². The molecule has 2 aliphatic heterocycles. The number of aliphatic hydroxyl groups excluding tert-OH is 2. The summed E-state index contributed by atoms with van der Waals surface area (Å²) in [6, 6.07) is 19.0. The van der Waals surface area contributed by atoms with Crippen molar-refractivity contribution in [2.75, 3.05) is 6.61 Å². The number of hydrogen-bond donors (Lipinski definition) is 2. The molecule has 12 atom stereocenters. The Bertz CT molecular complexity index is 1550. The molecule has 4 rings (SSSR count). The smallest absolute Gasteiger partial charge is 0.416 e. The first kappa shape index (κ1) is 45.8. The van der Waals surface area contributed by atoms with E-state index >= 15 is 0 Å². The summed E-state index contributed by atoms with van der Waals surface area (Å²) < 4.78 is 25.7. The van der Waals surface area contributed by atoms with Crippen molar-refractivity contribution in [3.8, 4) is 0 Å². The van der Waals surface area contributed by atoms with Crippen LogP contribution in [0, 0.1) is 29.6 Å². The average molecular weight is 794 g/mol. The summed E-state index contributed by atoms with van der Waals surface area (Å²) in [4.78, 5) is 28.5. The molecule has 56 heavy (non-hydrogen) atoms. The van der Waals surface area contributed by atoms with E-state index in [4.69, 9.17) is 18.6 Å². The first-order valence-electron chi connectivity index (χ1n) is 20.9. The fourth-order valence-electron chi connectivity index (χ4n) is 9.68. The number of ether oxygens (including phenoxy) is 3. The molecule has 0 radical (unpaired) electrons. The number of nitrogens with zero attached hydrogens (tertiary/aromatic N) is 1. The van der Waals surface area contributed by atoms with Crippen molar-refractivity contribution in [2.24, 2.45) is 29.6 Å². The molecule has 0 spiro atoms. The number of carbonyl (C=O) groups is 2. The first-order chi connectivity index (χ1) is 26.3. The lowest BCUT2D eigenvalue weighted by Crippen LogP contribution is -2.53. The van der Waals surface area contributed by atoms with E-state index in [9.17, 15) is 19.8 Å². The van der Waals surface area contributed by atoms with Crippen molar-refractivity contribution in [3.05, 3.63) is 83.9 Å². The number of cyclic esters (lactones) is 1. The van der Waals surface area contributed by atoms with E-state index < -0.39 is 56.9 Å². The SMILES string of the molecule is C=C(C[C@H](C)[C@@H]1O[C@H](c2ccccc2)O[C@H]([C@@H](C)C(=O)N2C(=O)OC[C@H]2Cc2ccccc2)[C@@H]1C)[C@@H](O)[C@H](C)[C@@H](O)[C@@H](C)[C@@H](C)O[Si](C(C)C)(C(C)C)C(C)C. The summed E-state index contributed by atoms with van der Waals surface area (Å²) in [6.45, 7) is 29.9. The van der Waals surface area contributed by atoms with Crippen LogP contribution in [0.5, 0.6) is 0 Å². The molecule has 10 heteroatoms. The van der Waals surface area contributed by atoms with Crippen LogP contribution in [0.1, 0.15) is 107 Å². The van der Waals surface area contributed by atoms with Gasteiger partial charge in [0.1, 0.15) is 6.61 Å². The Morgan fingerprint density at radius 1 is 0.839 bits per heavy atom. The molecular formula is C46H71NO8Si. The highest BCUT2D eigenvalue weighted by Crippen LogP contribution is 2.45. The van der Waals surface area contributed by atoms with Crippen molar-refractivity contribution in [3.63, 3.8) is 0 Å². The average Bonchev–Trinajstić information content (AvgIpc) is 3.53. The second-order valence-electron chi connectivity index (χ2n) is 17.9. The van der Waals surface area contributed by atoms with Crippen LogP contribution in [0.4, 0.5) is 4.79 Å². The number of amides is 2. The van der Waals surface area contributed by atoms with Gasteiger partial charge in [-0.25, -0.2) is 9.69 Å². The van der Waals surface area contributed by atoms with E-state index in [0.29, 0.717) is 35.0 Å². The Morgan fingerprint density at radius 2 is 1.38 bits per heavy atom. The van der Waals surface area contributed by atoms with Gasteiger partial charge in [-0.15, -0.1) is 0 Å². The molecule has 0 bridgehead atoms. The fraction of sp³-hybridized carbons (Fsp3) is 0.652. The quantitative estimate of drug-likeness (QED) is 0.113. The highest BCUT2D eigenvalue weighted by molar-refractivity contribution is 6.77. The van der Waals surface area contributed by atoms with Gasteiger partial charge in [0.15, 0.2) is 6.29 Å². The summed E-state index contributed by atoms with van der Waals surface area (Å²) in [6.07, 6.45) is -3.36. The maximum absolute atomic E-state index is 14.2. The lowest BCUT2D eigenvalue weighted by atomic mass is 9.78. The van der Waals surface area contributed by atoms with Crippen LogP contribution in [0.25, 0.3) is 0 Å². The molecule has 0 saturated carbocycles. The fourth-order valence-corrected chi connectivity index (χ4v) is 15.4. The predicted octanol–water partition coefficient (Wildman–Crippen LogP) is 9.49. The van der Waals surface area contributed by atoms with Crippen LogP contribution in [0.15, 0.2) is 72.8 Å². The molecule has 2 saturated heterocycles. The summed E-state index contributed by atoms with van der Waals surface area (Å²) in [7, 11) is -2.17. The minimum Gasteiger partial charge on any atom is -0.447 e. The first-order valence-corrected chi connectivity index (χ1v) is 23.1. The molecule has 0 unspecified atom stereocenters. The third kappa shape index (κ3) is 10.0. The van der Waals surface area contributed by atoms with E-state index in [0.717, 1.165) is 11.1 Å². The lowest BCUT2D eigenvalue weighted by Gasteiger charge is -2.46.